The SMILES string of the molecule is N#Cc1nc(N2CCN(c3ccccc3[N+](=O)[O-])CC2)ccc1[N+](=O)[O-]. The minimum Gasteiger partial charge on any atom is -0.362 e. The van der Waals surface area contributed by atoms with Crippen LogP contribution >= 0.6 is 0 Å². The number of para-hydroxylation sites is 2. The summed E-state index contributed by atoms with van der Waals surface area (Å²) in [6, 6.07) is 11.1. The van der Waals surface area contributed by atoms with Crippen LogP contribution in [0.25, 0.3) is 0 Å². The molecule has 1 saturated heterocycles. The van der Waals surface area contributed by atoms with Crippen LogP contribution in [0.3, 0.4) is 0 Å². The Bertz CT molecular complexity index is 902. The monoisotopic (exact) mass is 354 g/mol. The fraction of sp³-hybridized carbons (Fsp3) is 0.250. The van der Waals surface area contributed by atoms with E-state index in [4.69, 9.17) is 5.26 Å². The third-order valence-corrected chi connectivity index (χ3v) is 4.18. The van der Waals surface area contributed by atoms with Gasteiger partial charge in [-0.25, -0.2) is 4.98 Å². The van der Waals surface area contributed by atoms with E-state index in [0.717, 1.165) is 0 Å². The summed E-state index contributed by atoms with van der Waals surface area (Å²) in [6.07, 6.45) is 0. The number of nitro groups is 2. The van der Waals surface area contributed by atoms with Crippen molar-refractivity contribution in [3.63, 3.8) is 0 Å². The van der Waals surface area contributed by atoms with E-state index in [-0.39, 0.29) is 17.1 Å². The van der Waals surface area contributed by atoms with Crippen LogP contribution in [0.1, 0.15) is 5.69 Å². The van der Waals surface area contributed by atoms with Gasteiger partial charge < -0.3 is 9.80 Å². The number of anilines is 2. The van der Waals surface area contributed by atoms with Crippen LogP contribution in [-0.4, -0.2) is 41.0 Å². The number of nitro benzene ring substituents is 1. The van der Waals surface area contributed by atoms with Crippen molar-refractivity contribution in [3.05, 3.63) is 62.3 Å². The highest BCUT2D eigenvalue weighted by molar-refractivity contribution is 5.64. The number of rotatable bonds is 4. The molecule has 132 valence electrons. The fourth-order valence-corrected chi connectivity index (χ4v) is 2.91. The van der Waals surface area contributed by atoms with Crippen molar-refractivity contribution in [2.45, 2.75) is 0 Å². The topological polar surface area (TPSA) is 129 Å². The van der Waals surface area contributed by atoms with Crippen LogP contribution in [-0.2, 0) is 0 Å². The van der Waals surface area contributed by atoms with Crippen molar-refractivity contribution in [1.29, 1.82) is 5.26 Å². The molecule has 26 heavy (non-hydrogen) atoms. The van der Waals surface area contributed by atoms with Gasteiger partial charge in [-0.3, -0.25) is 20.2 Å². The Morgan fingerprint density at radius 1 is 0.923 bits per heavy atom. The highest BCUT2D eigenvalue weighted by atomic mass is 16.6. The molecule has 10 nitrogen and oxygen atoms in total. The standard InChI is InChI=1S/C16H14N6O4/c17-11-12-13(21(23)24)5-6-16(18-12)20-9-7-19(8-10-20)14-3-1-2-4-15(14)22(25)26/h1-6H,7-10H2. The van der Waals surface area contributed by atoms with E-state index in [9.17, 15) is 20.2 Å². The molecule has 0 atom stereocenters. The summed E-state index contributed by atoms with van der Waals surface area (Å²) in [7, 11) is 0. The van der Waals surface area contributed by atoms with Gasteiger partial charge in [0.1, 0.15) is 17.6 Å². The molecule has 0 bridgehead atoms. The molecule has 0 aliphatic carbocycles. The van der Waals surface area contributed by atoms with Gasteiger partial charge in [-0.05, 0) is 12.1 Å². The van der Waals surface area contributed by atoms with Gasteiger partial charge in [0.2, 0.25) is 5.69 Å². The Kier molecular flexibility index (Phi) is 4.62. The van der Waals surface area contributed by atoms with E-state index in [0.29, 0.717) is 37.7 Å². The van der Waals surface area contributed by atoms with Gasteiger partial charge in [0.25, 0.3) is 5.69 Å². The summed E-state index contributed by atoms with van der Waals surface area (Å²) in [5, 5.41) is 31.1. The lowest BCUT2D eigenvalue weighted by molar-refractivity contribution is -0.385. The van der Waals surface area contributed by atoms with Crippen LogP contribution in [0, 0.1) is 31.6 Å². The molecule has 3 rings (SSSR count). The average Bonchev–Trinajstić information content (AvgIpc) is 2.67. The van der Waals surface area contributed by atoms with Crippen molar-refractivity contribution in [3.8, 4) is 6.07 Å². The predicted molar refractivity (Wildman–Crippen MR) is 93.1 cm³/mol. The molecule has 2 heterocycles. The molecule has 1 aliphatic heterocycles. The lowest BCUT2D eigenvalue weighted by Gasteiger charge is -2.36. The van der Waals surface area contributed by atoms with Crippen LogP contribution < -0.4 is 9.80 Å². The zero-order chi connectivity index (χ0) is 18.7. The van der Waals surface area contributed by atoms with E-state index >= 15 is 0 Å². The number of piperazine rings is 1. The minimum atomic E-state index is -0.637. The number of nitriles is 1. The Balaban J connectivity index is 1.76. The highest BCUT2D eigenvalue weighted by Gasteiger charge is 2.25. The quantitative estimate of drug-likeness (QED) is 0.603. The maximum atomic E-state index is 11.2. The third kappa shape index (κ3) is 3.23. The summed E-state index contributed by atoms with van der Waals surface area (Å²) in [5.74, 6) is 0.481. The first-order valence-corrected chi connectivity index (χ1v) is 7.80. The molecule has 2 aromatic rings. The zero-order valence-electron chi connectivity index (χ0n) is 13.6. The van der Waals surface area contributed by atoms with E-state index in [1.165, 1.54) is 18.2 Å². The number of hydrogen-bond acceptors (Lipinski definition) is 8. The van der Waals surface area contributed by atoms with E-state index in [1.807, 2.05) is 9.80 Å². The smallest absolute Gasteiger partial charge is 0.305 e. The maximum absolute atomic E-state index is 11.2. The molecule has 0 amide bonds. The van der Waals surface area contributed by atoms with E-state index in [2.05, 4.69) is 4.98 Å². The molecule has 0 saturated carbocycles. The molecule has 1 aliphatic rings. The van der Waals surface area contributed by atoms with Crippen LogP contribution in [0.15, 0.2) is 36.4 Å². The average molecular weight is 354 g/mol. The van der Waals surface area contributed by atoms with Crippen LogP contribution in [0.2, 0.25) is 0 Å². The normalized spacial score (nSPS) is 14.0. The second kappa shape index (κ2) is 7.02. The van der Waals surface area contributed by atoms with E-state index < -0.39 is 9.85 Å². The molecular formula is C16H14N6O4. The fourth-order valence-electron chi connectivity index (χ4n) is 2.91. The zero-order valence-corrected chi connectivity index (χ0v) is 13.6. The van der Waals surface area contributed by atoms with Gasteiger partial charge in [0, 0.05) is 38.3 Å². The molecule has 0 unspecified atom stereocenters. The Morgan fingerprint density at radius 2 is 1.54 bits per heavy atom. The number of pyridine rings is 1. The molecule has 1 fully saturated rings. The van der Waals surface area contributed by atoms with E-state index in [1.54, 1.807) is 24.3 Å². The van der Waals surface area contributed by atoms with Crippen molar-refractivity contribution in [2.75, 3.05) is 36.0 Å². The number of aromatic nitrogens is 1. The predicted octanol–water partition coefficient (Wildman–Crippen LogP) is 2.10. The third-order valence-electron chi connectivity index (χ3n) is 4.18. The molecular weight excluding hydrogens is 340 g/mol. The summed E-state index contributed by atoms with van der Waals surface area (Å²) in [4.78, 5) is 28.9. The Hall–Kier alpha value is -3.74. The minimum absolute atomic E-state index is 0.0566. The summed E-state index contributed by atoms with van der Waals surface area (Å²) >= 11 is 0. The second-order valence-corrected chi connectivity index (χ2v) is 5.63. The van der Waals surface area contributed by atoms with Crippen molar-refractivity contribution >= 4 is 22.9 Å². The Morgan fingerprint density at radius 3 is 2.15 bits per heavy atom. The lowest BCUT2D eigenvalue weighted by atomic mass is 10.2. The highest BCUT2D eigenvalue weighted by Crippen LogP contribution is 2.29. The second-order valence-electron chi connectivity index (χ2n) is 5.63. The molecule has 10 heteroatoms. The van der Waals surface area contributed by atoms with Gasteiger partial charge in [0.15, 0.2) is 0 Å². The first kappa shape index (κ1) is 17.1. The first-order valence-electron chi connectivity index (χ1n) is 7.80. The number of nitrogens with zero attached hydrogens (tertiary/aromatic N) is 6. The van der Waals surface area contributed by atoms with Crippen molar-refractivity contribution < 1.29 is 9.85 Å². The summed E-state index contributed by atoms with van der Waals surface area (Å²) in [6.45, 7) is 2.13. The lowest BCUT2D eigenvalue weighted by Crippen LogP contribution is -2.47. The molecule has 0 N–H and O–H groups in total. The summed E-state index contributed by atoms with van der Waals surface area (Å²) < 4.78 is 0. The summed E-state index contributed by atoms with van der Waals surface area (Å²) in [5.41, 5.74) is 0.0659. The van der Waals surface area contributed by atoms with Gasteiger partial charge in [-0.15, -0.1) is 0 Å². The van der Waals surface area contributed by atoms with Crippen molar-refractivity contribution in [2.24, 2.45) is 0 Å². The number of benzene rings is 1. The maximum Gasteiger partial charge on any atom is 0.305 e. The molecule has 1 aromatic carbocycles. The molecule has 0 radical (unpaired) electrons. The van der Waals surface area contributed by atoms with Crippen LogP contribution in [0.4, 0.5) is 22.9 Å². The largest absolute Gasteiger partial charge is 0.362 e. The van der Waals surface area contributed by atoms with Gasteiger partial charge in [-0.1, -0.05) is 12.1 Å². The number of hydrogen-bond donors (Lipinski definition) is 0. The van der Waals surface area contributed by atoms with Crippen molar-refractivity contribution in [1.82, 2.24) is 4.98 Å². The van der Waals surface area contributed by atoms with Gasteiger partial charge in [0.05, 0.1) is 9.85 Å². The van der Waals surface area contributed by atoms with Gasteiger partial charge in [-0.2, -0.15) is 5.26 Å². The first-order chi connectivity index (χ1) is 12.5. The molecule has 1 aromatic heterocycles. The van der Waals surface area contributed by atoms with Crippen LogP contribution in [0.5, 0.6) is 0 Å². The Labute approximate surface area is 148 Å². The van der Waals surface area contributed by atoms with Gasteiger partial charge >= 0.3 is 5.69 Å². The molecule has 0 spiro atoms.